The molecule has 20 heavy (non-hydrogen) atoms. The Morgan fingerprint density at radius 1 is 1.45 bits per heavy atom. The van der Waals surface area contributed by atoms with Gasteiger partial charge >= 0.3 is 5.97 Å². The number of carbonyl (C=O) groups excluding carboxylic acids is 1. The molecule has 2 aliphatic rings. The summed E-state index contributed by atoms with van der Waals surface area (Å²) in [6.07, 6.45) is 7.52. The standard InChI is InChI=1S/C16H22N2O2/c1-3-20-16(19)14-10-18-11(2)13(9-17)15(14)12-7-5-4-6-8-12/h10,12,15,18H,3-8H2,1-2H3/t15-/m1/s1. The number of hydrogen-bond acceptors (Lipinski definition) is 4. The number of allylic oxidation sites excluding steroid dienone is 2. The molecule has 0 spiro atoms. The second-order valence-corrected chi connectivity index (χ2v) is 5.49. The predicted octanol–water partition coefficient (Wildman–Crippen LogP) is 3.03. The van der Waals surface area contributed by atoms with E-state index in [1.807, 2.05) is 6.92 Å². The molecule has 0 bridgehead atoms. The Bertz CT molecular complexity index is 479. The Morgan fingerprint density at radius 2 is 2.15 bits per heavy atom. The molecule has 0 radical (unpaired) electrons. The molecular formula is C16H22N2O2. The van der Waals surface area contributed by atoms with E-state index in [4.69, 9.17) is 4.74 Å². The maximum Gasteiger partial charge on any atom is 0.336 e. The number of nitrogens with one attached hydrogen (secondary N) is 1. The van der Waals surface area contributed by atoms with E-state index >= 15 is 0 Å². The highest BCUT2D eigenvalue weighted by Crippen LogP contribution is 2.40. The monoisotopic (exact) mass is 274 g/mol. The lowest BCUT2D eigenvalue weighted by atomic mass is 9.72. The lowest BCUT2D eigenvalue weighted by Crippen LogP contribution is -2.32. The first-order valence-electron chi connectivity index (χ1n) is 7.43. The molecule has 0 aromatic rings. The van der Waals surface area contributed by atoms with E-state index < -0.39 is 0 Å². The highest BCUT2D eigenvalue weighted by atomic mass is 16.5. The maximum atomic E-state index is 12.2. The van der Waals surface area contributed by atoms with Gasteiger partial charge in [0.2, 0.25) is 0 Å². The van der Waals surface area contributed by atoms with Crippen LogP contribution in [0.25, 0.3) is 0 Å². The fourth-order valence-electron chi connectivity index (χ4n) is 3.25. The van der Waals surface area contributed by atoms with Gasteiger partial charge in [-0.1, -0.05) is 19.3 Å². The number of hydrogen-bond donors (Lipinski definition) is 1. The van der Waals surface area contributed by atoms with Crippen molar-refractivity contribution in [3.63, 3.8) is 0 Å². The Balaban J connectivity index is 2.31. The van der Waals surface area contributed by atoms with Crippen molar-refractivity contribution in [2.24, 2.45) is 11.8 Å². The van der Waals surface area contributed by atoms with Crippen LogP contribution in [0.1, 0.15) is 46.0 Å². The molecule has 1 N–H and O–H groups in total. The van der Waals surface area contributed by atoms with Crippen LogP contribution in [0.2, 0.25) is 0 Å². The number of ether oxygens (including phenoxy) is 1. The van der Waals surface area contributed by atoms with Crippen molar-refractivity contribution < 1.29 is 9.53 Å². The molecule has 108 valence electrons. The van der Waals surface area contributed by atoms with E-state index in [-0.39, 0.29) is 11.9 Å². The van der Waals surface area contributed by atoms with Crippen molar-refractivity contribution in [3.05, 3.63) is 23.0 Å². The van der Waals surface area contributed by atoms with Gasteiger partial charge in [0.15, 0.2) is 0 Å². The summed E-state index contributed by atoms with van der Waals surface area (Å²) in [5.74, 6) is -0.0115. The number of esters is 1. The average molecular weight is 274 g/mol. The van der Waals surface area contributed by atoms with Crippen molar-refractivity contribution in [2.75, 3.05) is 6.61 Å². The highest BCUT2D eigenvalue weighted by Gasteiger charge is 2.36. The molecule has 1 aliphatic heterocycles. The number of rotatable bonds is 3. The van der Waals surface area contributed by atoms with Crippen molar-refractivity contribution >= 4 is 5.97 Å². The molecule has 1 aliphatic carbocycles. The summed E-state index contributed by atoms with van der Waals surface area (Å²) in [7, 11) is 0. The van der Waals surface area contributed by atoms with Crippen molar-refractivity contribution in [1.29, 1.82) is 5.26 Å². The normalized spacial score (nSPS) is 23.6. The van der Waals surface area contributed by atoms with Gasteiger partial charge in [-0.15, -0.1) is 0 Å². The van der Waals surface area contributed by atoms with Crippen LogP contribution in [0.15, 0.2) is 23.0 Å². The van der Waals surface area contributed by atoms with E-state index in [2.05, 4.69) is 11.4 Å². The second-order valence-electron chi connectivity index (χ2n) is 5.49. The highest BCUT2D eigenvalue weighted by molar-refractivity contribution is 5.90. The quantitative estimate of drug-likeness (QED) is 0.803. The molecule has 1 fully saturated rings. The molecule has 4 nitrogen and oxygen atoms in total. The zero-order chi connectivity index (χ0) is 14.5. The summed E-state index contributed by atoms with van der Waals surface area (Å²) in [5.41, 5.74) is 2.17. The topological polar surface area (TPSA) is 62.1 Å². The first kappa shape index (κ1) is 14.6. The van der Waals surface area contributed by atoms with Crippen molar-refractivity contribution in [1.82, 2.24) is 5.32 Å². The van der Waals surface area contributed by atoms with E-state index in [0.717, 1.165) is 18.5 Å². The van der Waals surface area contributed by atoms with Gasteiger partial charge in [-0.05, 0) is 32.6 Å². The largest absolute Gasteiger partial charge is 0.463 e. The molecule has 0 unspecified atom stereocenters. The summed E-state index contributed by atoms with van der Waals surface area (Å²) in [6, 6.07) is 2.30. The van der Waals surface area contributed by atoms with Crippen LogP contribution in [0, 0.1) is 23.2 Å². The Morgan fingerprint density at radius 3 is 2.75 bits per heavy atom. The minimum Gasteiger partial charge on any atom is -0.463 e. The van der Waals surface area contributed by atoms with Gasteiger partial charge in [0.05, 0.1) is 23.8 Å². The third-order valence-corrected chi connectivity index (χ3v) is 4.25. The molecule has 0 amide bonds. The van der Waals surface area contributed by atoms with Crippen LogP contribution in [-0.2, 0) is 9.53 Å². The third kappa shape index (κ3) is 2.87. The summed E-state index contributed by atoms with van der Waals surface area (Å²) in [6.45, 7) is 4.06. The molecule has 1 heterocycles. The summed E-state index contributed by atoms with van der Waals surface area (Å²) < 4.78 is 5.15. The van der Waals surface area contributed by atoms with Crippen LogP contribution in [-0.4, -0.2) is 12.6 Å². The fraction of sp³-hybridized carbons (Fsp3) is 0.625. The van der Waals surface area contributed by atoms with Gasteiger partial charge in [-0.3, -0.25) is 0 Å². The van der Waals surface area contributed by atoms with E-state index in [9.17, 15) is 10.1 Å². The molecule has 2 rings (SSSR count). The molecule has 4 heteroatoms. The molecule has 0 aromatic carbocycles. The fourth-order valence-corrected chi connectivity index (χ4v) is 3.25. The number of nitrogens with zero attached hydrogens (tertiary/aromatic N) is 1. The SMILES string of the molecule is CCOC(=O)C1=CNC(C)=C(C#N)[C@H]1C1CCCCC1. The van der Waals surface area contributed by atoms with Crippen molar-refractivity contribution in [2.45, 2.75) is 46.0 Å². The molecule has 1 atom stereocenters. The van der Waals surface area contributed by atoms with Gasteiger partial charge < -0.3 is 10.1 Å². The van der Waals surface area contributed by atoms with Gasteiger partial charge in [-0.25, -0.2) is 4.79 Å². The van der Waals surface area contributed by atoms with E-state index in [1.54, 1.807) is 13.1 Å². The number of carbonyl (C=O) groups is 1. The zero-order valence-corrected chi connectivity index (χ0v) is 12.2. The maximum absolute atomic E-state index is 12.2. The van der Waals surface area contributed by atoms with E-state index in [0.29, 0.717) is 23.7 Å². The van der Waals surface area contributed by atoms with Crippen LogP contribution in [0.4, 0.5) is 0 Å². The van der Waals surface area contributed by atoms with Crippen molar-refractivity contribution in [3.8, 4) is 6.07 Å². The third-order valence-electron chi connectivity index (χ3n) is 4.25. The van der Waals surface area contributed by atoms with Gasteiger partial charge in [0.25, 0.3) is 0 Å². The predicted molar refractivity (Wildman–Crippen MR) is 76.2 cm³/mol. The Kier molecular flexibility index (Phi) is 4.84. The minimum absolute atomic E-state index is 0.0967. The Labute approximate surface area is 120 Å². The van der Waals surface area contributed by atoms with Crippen LogP contribution in [0.3, 0.4) is 0 Å². The summed E-state index contributed by atoms with van der Waals surface area (Å²) in [5, 5.41) is 12.5. The molecule has 1 saturated carbocycles. The zero-order valence-electron chi connectivity index (χ0n) is 12.2. The van der Waals surface area contributed by atoms with Crippen LogP contribution in [0.5, 0.6) is 0 Å². The first-order valence-corrected chi connectivity index (χ1v) is 7.43. The lowest BCUT2D eigenvalue weighted by Gasteiger charge is -2.33. The second kappa shape index (κ2) is 6.60. The Hall–Kier alpha value is -1.76. The lowest BCUT2D eigenvalue weighted by molar-refractivity contribution is -0.139. The van der Waals surface area contributed by atoms with Gasteiger partial charge in [-0.2, -0.15) is 5.26 Å². The molecule has 0 saturated heterocycles. The smallest absolute Gasteiger partial charge is 0.336 e. The van der Waals surface area contributed by atoms with Gasteiger partial charge in [0.1, 0.15) is 0 Å². The first-order chi connectivity index (χ1) is 9.69. The number of dihydropyridines is 1. The average Bonchev–Trinajstić information content (AvgIpc) is 2.48. The van der Waals surface area contributed by atoms with Crippen LogP contribution >= 0.6 is 0 Å². The van der Waals surface area contributed by atoms with E-state index in [1.165, 1.54) is 19.3 Å². The summed E-state index contributed by atoms with van der Waals surface area (Å²) in [4.78, 5) is 12.2. The number of nitriles is 1. The van der Waals surface area contributed by atoms with Crippen LogP contribution < -0.4 is 5.32 Å². The molecule has 0 aromatic heterocycles. The molecular weight excluding hydrogens is 252 g/mol. The van der Waals surface area contributed by atoms with Gasteiger partial charge in [0, 0.05) is 17.8 Å². The summed E-state index contributed by atoms with van der Waals surface area (Å²) >= 11 is 0. The minimum atomic E-state index is -0.296.